The molecule has 2 aliphatic heterocycles. The van der Waals surface area contributed by atoms with Gasteiger partial charge in [0.05, 0.1) is 5.92 Å². The molecule has 3 nitrogen and oxygen atoms in total. The number of nitrogens with one attached hydrogen (secondary N) is 1. The maximum absolute atomic E-state index is 13.0. The number of halogens is 4. The molecular weight excluding hydrogens is 305 g/mol. The zero-order valence-electron chi connectivity index (χ0n) is 12.5. The summed E-state index contributed by atoms with van der Waals surface area (Å²) in [6, 6.07) is 0. The lowest BCUT2D eigenvalue weighted by molar-refractivity contribution is -0.192. The number of piperidine rings is 1. The van der Waals surface area contributed by atoms with E-state index in [-0.39, 0.29) is 31.3 Å². The van der Waals surface area contributed by atoms with Crippen molar-refractivity contribution in [1.82, 2.24) is 10.2 Å². The summed E-state index contributed by atoms with van der Waals surface area (Å²) < 4.78 is 39.0. The van der Waals surface area contributed by atoms with Gasteiger partial charge in [-0.25, -0.2) is 0 Å². The topological polar surface area (TPSA) is 32.3 Å². The van der Waals surface area contributed by atoms with Crippen molar-refractivity contribution < 1.29 is 18.0 Å². The first-order chi connectivity index (χ1) is 9.23. The van der Waals surface area contributed by atoms with E-state index in [0.717, 1.165) is 25.9 Å². The van der Waals surface area contributed by atoms with E-state index in [9.17, 15) is 18.0 Å². The van der Waals surface area contributed by atoms with Gasteiger partial charge in [0.2, 0.25) is 5.91 Å². The maximum atomic E-state index is 13.0. The molecule has 1 N–H and O–H groups in total. The molecule has 1 amide bonds. The summed E-state index contributed by atoms with van der Waals surface area (Å²) in [5.41, 5.74) is -1.12. The van der Waals surface area contributed by atoms with Gasteiger partial charge in [0, 0.05) is 18.5 Å². The van der Waals surface area contributed by atoms with Crippen molar-refractivity contribution in [1.29, 1.82) is 0 Å². The van der Waals surface area contributed by atoms with Crippen LogP contribution in [0.25, 0.3) is 0 Å². The van der Waals surface area contributed by atoms with Crippen LogP contribution < -0.4 is 5.32 Å². The molecule has 1 unspecified atom stereocenters. The molecule has 2 rings (SSSR count). The van der Waals surface area contributed by atoms with E-state index in [1.165, 1.54) is 4.90 Å². The fraction of sp³-hybridized carbons (Fsp3) is 0.929. The summed E-state index contributed by atoms with van der Waals surface area (Å²) in [7, 11) is 0. The highest BCUT2D eigenvalue weighted by Crippen LogP contribution is 2.45. The van der Waals surface area contributed by atoms with Crippen LogP contribution in [0.15, 0.2) is 0 Å². The summed E-state index contributed by atoms with van der Waals surface area (Å²) in [4.78, 5) is 13.8. The fourth-order valence-corrected chi connectivity index (χ4v) is 3.54. The highest BCUT2D eigenvalue weighted by Gasteiger charge is 2.56. The smallest absolute Gasteiger partial charge is 0.337 e. The molecule has 21 heavy (non-hydrogen) atoms. The van der Waals surface area contributed by atoms with Crippen LogP contribution in [0.1, 0.15) is 39.5 Å². The zero-order chi connectivity index (χ0) is 15.0. The van der Waals surface area contributed by atoms with Gasteiger partial charge in [-0.05, 0) is 52.1 Å². The highest BCUT2D eigenvalue weighted by molar-refractivity contribution is 5.85. The van der Waals surface area contributed by atoms with Crippen molar-refractivity contribution in [2.45, 2.75) is 51.2 Å². The number of nitrogens with zero attached hydrogens (tertiary/aromatic N) is 1. The third-order valence-electron chi connectivity index (χ3n) is 4.81. The molecule has 0 saturated carbocycles. The van der Waals surface area contributed by atoms with Gasteiger partial charge in [-0.2, -0.15) is 13.2 Å². The van der Waals surface area contributed by atoms with Gasteiger partial charge in [-0.15, -0.1) is 12.4 Å². The average molecular weight is 329 g/mol. The van der Waals surface area contributed by atoms with E-state index in [1.54, 1.807) is 13.8 Å². The predicted octanol–water partition coefficient (Wildman–Crippen LogP) is 2.99. The van der Waals surface area contributed by atoms with Crippen molar-refractivity contribution in [3.8, 4) is 0 Å². The monoisotopic (exact) mass is 328 g/mol. The summed E-state index contributed by atoms with van der Waals surface area (Å²) in [5, 5.41) is 3.23. The summed E-state index contributed by atoms with van der Waals surface area (Å²) in [5.74, 6) is -1.22. The van der Waals surface area contributed by atoms with Crippen molar-refractivity contribution in [3.05, 3.63) is 0 Å². The highest BCUT2D eigenvalue weighted by atomic mass is 35.5. The Morgan fingerprint density at radius 3 is 2.29 bits per heavy atom. The van der Waals surface area contributed by atoms with E-state index in [1.807, 2.05) is 0 Å². The standard InChI is InChI=1S/C14H23F3N2O.ClH/c1-13(2)11(14(15,16)17)5-8-19(13)12(20)9-10-3-6-18-7-4-10;/h10-11,18H,3-9H2,1-2H3;1H. The Bertz CT molecular complexity index is 368. The molecule has 7 heteroatoms. The minimum atomic E-state index is -4.23. The second-order valence-corrected chi connectivity index (χ2v) is 6.48. The van der Waals surface area contributed by atoms with E-state index in [2.05, 4.69) is 5.32 Å². The third-order valence-corrected chi connectivity index (χ3v) is 4.81. The Labute approximate surface area is 130 Å². The molecule has 2 saturated heterocycles. The minimum absolute atomic E-state index is 0. The first-order valence-electron chi connectivity index (χ1n) is 7.31. The van der Waals surface area contributed by atoms with Crippen LogP contribution >= 0.6 is 12.4 Å². The Hall–Kier alpha value is -0.490. The van der Waals surface area contributed by atoms with Crippen molar-refractivity contribution in [3.63, 3.8) is 0 Å². The van der Waals surface area contributed by atoms with Crippen molar-refractivity contribution >= 4 is 18.3 Å². The number of amides is 1. The molecule has 0 aromatic carbocycles. The number of hydrogen-bond acceptors (Lipinski definition) is 2. The SMILES string of the molecule is CC1(C)C(C(F)(F)F)CCN1C(=O)CC1CCNCC1.Cl. The van der Waals surface area contributed by atoms with E-state index in [4.69, 9.17) is 0 Å². The Balaban J connectivity index is 0.00000220. The normalized spacial score (nSPS) is 26.5. The predicted molar refractivity (Wildman–Crippen MR) is 77.4 cm³/mol. The fourth-order valence-electron chi connectivity index (χ4n) is 3.54. The van der Waals surface area contributed by atoms with Gasteiger partial charge in [0.25, 0.3) is 0 Å². The third kappa shape index (κ3) is 4.03. The Morgan fingerprint density at radius 2 is 1.81 bits per heavy atom. The molecule has 0 aromatic rings. The number of carbonyl (C=O) groups is 1. The average Bonchev–Trinajstić information content (AvgIpc) is 2.65. The molecular formula is C14H24ClF3N2O. The zero-order valence-corrected chi connectivity index (χ0v) is 13.3. The number of likely N-dealkylation sites (tertiary alicyclic amines) is 1. The molecule has 0 bridgehead atoms. The molecule has 0 radical (unpaired) electrons. The number of rotatable bonds is 2. The summed E-state index contributed by atoms with van der Waals surface area (Å²) in [6.07, 6.45) is -1.96. The van der Waals surface area contributed by atoms with Crippen LogP contribution in [-0.2, 0) is 4.79 Å². The molecule has 2 fully saturated rings. The van der Waals surface area contributed by atoms with Gasteiger partial charge in [-0.3, -0.25) is 4.79 Å². The molecule has 0 spiro atoms. The molecule has 2 aliphatic rings. The van der Waals surface area contributed by atoms with Crippen LogP contribution in [0.3, 0.4) is 0 Å². The van der Waals surface area contributed by atoms with Crippen molar-refractivity contribution in [2.75, 3.05) is 19.6 Å². The van der Waals surface area contributed by atoms with Gasteiger partial charge < -0.3 is 10.2 Å². The lowest BCUT2D eigenvalue weighted by Crippen LogP contribution is -2.50. The van der Waals surface area contributed by atoms with Gasteiger partial charge in [0.1, 0.15) is 0 Å². The summed E-state index contributed by atoms with van der Waals surface area (Å²) >= 11 is 0. The lowest BCUT2D eigenvalue weighted by atomic mass is 9.87. The van der Waals surface area contributed by atoms with Crippen molar-refractivity contribution in [2.24, 2.45) is 11.8 Å². The molecule has 2 heterocycles. The van der Waals surface area contributed by atoms with Crippen LogP contribution in [0.5, 0.6) is 0 Å². The van der Waals surface area contributed by atoms with Crippen LogP contribution in [0.2, 0.25) is 0 Å². The first-order valence-corrected chi connectivity index (χ1v) is 7.31. The van der Waals surface area contributed by atoms with Gasteiger partial charge in [0.15, 0.2) is 0 Å². The second-order valence-electron chi connectivity index (χ2n) is 6.48. The van der Waals surface area contributed by atoms with E-state index in [0.29, 0.717) is 12.3 Å². The maximum Gasteiger partial charge on any atom is 0.394 e. The van der Waals surface area contributed by atoms with Crippen LogP contribution in [0, 0.1) is 11.8 Å². The van der Waals surface area contributed by atoms with Crippen LogP contribution in [-0.4, -0.2) is 42.2 Å². The second kappa shape index (κ2) is 6.73. The quantitative estimate of drug-likeness (QED) is 0.845. The molecule has 0 aromatic heterocycles. The Morgan fingerprint density at radius 1 is 1.24 bits per heavy atom. The lowest BCUT2D eigenvalue weighted by Gasteiger charge is -2.37. The molecule has 1 atom stereocenters. The first kappa shape index (κ1) is 18.6. The van der Waals surface area contributed by atoms with Crippen LogP contribution in [0.4, 0.5) is 13.2 Å². The number of hydrogen-bond donors (Lipinski definition) is 1. The van der Waals surface area contributed by atoms with E-state index < -0.39 is 17.6 Å². The Kier molecular flexibility index (Phi) is 5.95. The van der Waals surface area contributed by atoms with E-state index >= 15 is 0 Å². The van der Waals surface area contributed by atoms with Gasteiger partial charge in [-0.1, -0.05) is 0 Å². The summed E-state index contributed by atoms with van der Waals surface area (Å²) in [6.45, 7) is 5.09. The number of alkyl halides is 3. The molecule has 124 valence electrons. The number of carbonyl (C=O) groups excluding carboxylic acids is 1. The molecule has 0 aliphatic carbocycles. The largest absolute Gasteiger partial charge is 0.394 e. The van der Waals surface area contributed by atoms with Gasteiger partial charge >= 0.3 is 6.18 Å². The minimum Gasteiger partial charge on any atom is -0.337 e.